The minimum Gasteiger partial charge on any atom is -0.494 e. The van der Waals surface area contributed by atoms with Crippen molar-refractivity contribution in [1.82, 2.24) is 50.4 Å². The van der Waals surface area contributed by atoms with E-state index in [4.69, 9.17) is 23.6 Å². The van der Waals surface area contributed by atoms with Gasteiger partial charge in [-0.2, -0.15) is 18.3 Å². The van der Waals surface area contributed by atoms with Crippen LogP contribution in [0.25, 0.3) is 16.7 Å². The fourth-order valence-corrected chi connectivity index (χ4v) is 11.8. The number of aromatic nitrogens is 4. The van der Waals surface area contributed by atoms with Gasteiger partial charge in [0.1, 0.15) is 35.1 Å². The summed E-state index contributed by atoms with van der Waals surface area (Å²) in [4.78, 5) is 18.9. The van der Waals surface area contributed by atoms with Gasteiger partial charge in [0.2, 0.25) is 0 Å². The van der Waals surface area contributed by atoms with Crippen molar-refractivity contribution >= 4 is 16.9 Å². The lowest BCUT2D eigenvalue weighted by Gasteiger charge is -2.47. The molecule has 8 unspecified atom stereocenters. The van der Waals surface area contributed by atoms with Gasteiger partial charge in [-0.3, -0.25) is 30.7 Å². The van der Waals surface area contributed by atoms with E-state index in [9.17, 15) is 17.6 Å². The maximum absolute atomic E-state index is 15.5. The molecule has 6 bridgehead atoms. The van der Waals surface area contributed by atoms with Crippen LogP contribution in [0, 0.1) is 17.7 Å². The number of hydrogen-bond donors (Lipinski definition) is 3. The molecule has 6 saturated heterocycles. The Morgan fingerprint density at radius 3 is 2.72 bits per heavy atom. The molecule has 8 heterocycles. The molecule has 1 aliphatic carbocycles. The van der Waals surface area contributed by atoms with E-state index in [-0.39, 0.29) is 85.0 Å². The number of nitrogens with one attached hydrogen (secondary N) is 3. The van der Waals surface area contributed by atoms with Gasteiger partial charge in [-0.05, 0) is 75.8 Å². The van der Waals surface area contributed by atoms with Crippen molar-refractivity contribution in [3.63, 3.8) is 0 Å². The highest BCUT2D eigenvalue weighted by atomic mass is 19.4. The molecule has 0 radical (unpaired) electrons. The van der Waals surface area contributed by atoms with Crippen molar-refractivity contribution in [3.05, 3.63) is 36.0 Å². The summed E-state index contributed by atoms with van der Waals surface area (Å²) in [7, 11) is -2.88. The van der Waals surface area contributed by atoms with Gasteiger partial charge in [0.15, 0.2) is 5.65 Å². The minimum atomic E-state index is -4.30. The summed E-state index contributed by atoms with van der Waals surface area (Å²) >= 11 is 0. The Bertz CT molecular complexity index is 2110. The van der Waals surface area contributed by atoms with Gasteiger partial charge in [-0.25, -0.2) is 23.4 Å². The van der Waals surface area contributed by atoms with Crippen molar-refractivity contribution in [1.29, 1.82) is 0 Å². The number of halogens is 5. The van der Waals surface area contributed by atoms with Crippen molar-refractivity contribution in [3.8, 4) is 11.4 Å². The average molecular weight is 847 g/mol. The number of fused-ring (bicyclic) bond motifs is 8. The summed E-state index contributed by atoms with van der Waals surface area (Å²) in [6.07, 6.45) is 2.58. The van der Waals surface area contributed by atoms with Crippen molar-refractivity contribution in [2.24, 2.45) is 11.8 Å². The third-order valence-electron chi connectivity index (χ3n) is 14.2. The molecule has 18 heteroatoms. The Kier molecular flexibility index (Phi) is 10.2. The normalized spacial score (nSPS) is 36.7. The van der Waals surface area contributed by atoms with E-state index in [0.717, 1.165) is 64.3 Å². The fraction of sp³-hybridized carbons (Fsp3) is 0.738. The Labute approximate surface area is 351 Å². The van der Waals surface area contributed by atoms with Crippen LogP contribution in [0.15, 0.2) is 24.4 Å². The first-order chi connectivity index (χ1) is 30.1. The largest absolute Gasteiger partial charge is 0.494 e. The maximum atomic E-state index is 15.5. The minimum absolute atomic E-state index is 0.0158. The third-order valence-corrected chi connectivity index (χ3v) is 14.2. The number of alkyl halides is 4. The topological polar surface area (TPSA) is 111 Å². The van der Waals surface area contributed by atoms with Gasteiger partial charge < -0.3 is 14.4 Å². The highest BCUT2D eigenvalue weighted by Crippen LogP contribution is 2.41. The second kappa shape index (κ2) is 16.5. The second-order valence-electron chi connectivity index (χ2n) is 18.5. The van der Waals surface area contributed by atoms with Crippen LogP contribution in [0.5, 0.6) is 5.75 Å². The first kappa shape index (κ1) is 37.3. The van der Waals surface area contributed by atoms with E-state index >= 15 is 4.39 Å². The Balaban J connectivity index is 1.01. The van der Waals surface area contributed by atoms with Crippen LogP contribution in [-0.4, -0.2) is 161 Å². The zero-order chi connectivity index (χ0) is 43.8. The molecule has 1 saturated carbocycles. The highest BCUT2D eigenvalue weighted by molar-refractivity contribution is 5.88. The number of piperidine rings is 1. The van der Waals surface area contributed by atoms with Gasteiger partial charge in [-0.1, -0.05) is 0 Å². The predicted octanol–water partition coefficient (Wildman–Crippen LogP) is 3.85. The number of likely N-dealkylation sites (tertiary alicyclic amines) is 1. The summed E-state index contributed by atoms with van der Waals surface area (Å²) in [5.41, 5.74) is 0.513. The molecule has 11 atom stereocenters. The molecular formula is C42H58F5N11O2. The van der Waals surface area contributed by atoms with Crippen molar-refractivity contribution in [2.45, 2.75) is 119 Å². The summed E-state index contributed by atoms with van der Waals surface area (Å²) < 4.78 is 106. The average Bonchev–Trinajstić information content (AvgIpc) is 3.82. The summed E-state index contributed by atoms with van der Waals surface area (Å²) in [6.45, 7) is 6.02. The maximum Gasteiger partial charge on any atom is 0.401 e. The molecule has 2 aromatic heterocycles. The predicted molar refractivity (Wildman–Crippen MR) is 215 cm³/mol. The molecule has 10 rings (SSSR count). The van der Waals surface area contributed by atoms with E-state index in [1.165, 1.54) is 21.7 Å². The lowest BCUT2D eigenvalue weighted by Crippen LogP contribution is -2.61. The van der Waals surface area contributed by atoms with Gasteiger partial charge in [0, 0.05) is 95.1 Å². The van der Waals surface area contributed by atoms with Crippen molar-refractivity contribution in [2.75, 3.05) is 70.9 Å². The smallest absolute Gasteiger partial charge is 0.401 e. The molecule has 0 amide bonds. The molecule has 60 heavy (non-hydrogen) atoms. The molecule has 13 nitrogen and oxygen atoms in total. The molecule has 1 aromatic carbocycles. The van der Waals surface area contributed by atoms with Crippen LogP contribution >= 0.6 is 0 Å². The quantitative estimate of drug-likeness (QED) is 0.314. The molecule has 3 N–H and O–H groups in total. The zero-order valence-electron chi connectivity index (χ0n) is 37.0. The lowest BCUT2D eigenvalue weighted by molar-refractivity contribution is -0.158. The molecule has 0 spiro atoms. The van der Waals surface area contributed by atoms with Crippen LogP contribution in [0.3, 0.4) is 0 Å². The van der Waals surface area contributed by atoms with Gasteiger partial charge in [0.25, 0.3) is 0 Å². The highest BCUT2D eigenvalue weighted by Gasteiger charge is 2.51. The first-order valence-corrected chi connectivity index (χ1v) is 21.9. The van der Waals surface area contributed by atoms with Gasteiger partial charge in [-0.15, -0.1) is 0 Å². The Hall–Kier alpha value is -3.26. The first-order valence-electron chi connectivity index (χ1n) is 23.4. The number of anilines is 1. The number of nitrogens with zero attached hydrogens (tertiary/aromatic N) is 8. The number of benzene rings is 1. The number of hydrogen-bond acceptors (Lipinski definition) is 12. The monoisotopic (exact) mass is 846 g/mol. The molecule has 3 aromatic rings. The molecule has 7 aliphatic rings. The second-order valence-corrected chi connectivity index (χ2v) is 18.5. The van der Waals surface area contributed by atoms with E-state index < -0.39 is 31.7 Å². The summed E-state index contributed by atoms with van der Waals surface area (Å²) in [5, 5.41) is 17.0. The number of rotatable bonds is 6. The van der Waals surface area contributed by atoms with E-state index in [0.29, 0.717) is 55.1 Å². The van der Waals surface area contributed by atoms with E-state index in [1.54, 1.807) is 6.20 Å². The van der Waals surface area contributed by atoms with Crippen LogP contribution in [0.2, 0.25) is 0 Å². The number of methoxy groups -OCH3 is 1. The Morgan fingerprint density at radius 1 is 0.983 bits per heavy atom. The van der Waals surface area contributed by atoms with Crippen molar-refractivity contribution < 1.29 is 35.5 Å². The fourth-order valence-electron chi connectivity index (χ4n) is 11.8. The Morgan fingerprint density at radius 2 is 1.87 bits per heavy atom. The standard InChI is InChI=1S/C42H58F5N11O2/c1-24-49-34-13-27(44)12-31-33-5-3-6-37(51-33)50-28-15-29(20-54-9-4-10-60-30(21-54)22-56(24)39(31)34)57(19-28)40-32-16-48-58(35-8-7-26(43)14-36(35)59-2)41(32)53-38(52-40)11-25-17-55(18-25)23-42(45,46)47/h7-8,14,16,24-25,27-31,33-34,37,39,49-51H,3-6,9-13,15,17-23H2,1-2H3/t24?,27?,28-,29-,30-,31?,33?,34?,37?,39?/m0/s1/i2D3. The van der Waals surface area contributed by atoms with E-state index in [1.807, 2.05) is 0 Å². The van der Waals surface area contributed by atoms with Crippen LogP contribution in [0.1, 0.15) is 61.8 Å². The lowest BCUT2D eigenvalue weighted by atomic mass is 9.74. The van der Waals surface area contributed by atoms with Crippen LogP contribution in [-0.2, 0) is 11.2 Å². The summed E-state index contributed by atoms with van der Waals surface area (Å²) in [6, 6.07) is 4.09. The van der Waals surface area contributed by atoms with Gasteiger partial charge >= 0.3 is 6.18 Å². The van der Waals surface area contributed by atoms with Gasteiger partial charge in [0.05, 0.1) is 47.7 Å². The SMILES string of the molecule is [2H]C([2H])([2H])Oc1cc(F)ccc1-n1ncc2c(N3C[C@@H]4C[C@H]3CN3CCCO[C@@H](C3)CN3C(C)NC5CC(F)CC(C6CCCC(N6)N4)C53)nc(CC3CN(CC(F)(F)F)C3)nc21. The van der Waals surface area contributed by atoms with E-state index in [2.05, 4.69) is 42.7 Å². The third kappa shape index (κ3) is 8.21. The number of ether oxygens (including phenoxy) is 2. The molecule has 6 aliphatic heterocycles. The molecule has 7 fully saturated rings. The molecule has 328 valence electrons. The van der Waals surface area contributed by atoms with Crippen LogP contribution < -0.4 is 25.6 Å². The van der Waals surface area contributed by atoms with Crippen LogP contribution in [0.4, 0.5) is 27.8 Å². The zero-order valence-corrected chi connectivity index (χ0v) is 34.0. The molecular weight excluding hydrogens is 786 g/mol. The summed E-state index contributed by atoms with van der Waals surface area (Å²) in [5.74, 6) is 0.150.